The normalized spacial score (nSPS) is 16.6. The van der Waals surface area contributed by atoms with Crippen molar-refractivity contribution in [1.29, 1.82) is 0 Å². The summed E-state index contributed by atoms with van der Waals surface area (Å²) in [6, 6.07) is 18.0. The average molecular weight is 575 g/mol. The minimum absolute atomic E-state index is 0.178. The van der Waals surface area contributed by atoms with Gasteiger partial charge in [-0.2, -0.15) is 0 Å². The molecular weight excluding hydrogens is 528 g/mol. The number of aliphatic carboxylic acids is 1. The zero-order valence-corrected chi connectivity index (χ0v) is 26.4. The molecule has 1 saturated heterocycles. The van der Waals surface area contributed by atoms with Crippen LogP contribution in [0.15, 0.2) is 54.6 Å². The third-order valence-electron chi connectivity index (χ3n) is 7.97. The van der Waals surface area contributed by atoms with Gasteiger partial charge in [-0.3, -0.25) is 4.98 Å². The third-order valence-corrected chi connectivity index (χ3v) is 7.97. The number of carboxylic acid groups (broad SMARTS) is 1. The fourth-order valence-corrected chi connectivity index (χ4v) is 5.61. The van der Waals surface area contributed by atoms with Gasteiger partial charge in [0.05, 0.1) is 11.3 Å². The first-order chi connectivity index (χ1) is 19.8. The van der Waals surface area contributed by atoms with Crippen molar-refractivity contribution in [2.75, 3.05) is 31.7 Å². The highest BCUT2D eigenvalue weighted by Gasteiger charge is 2.36. The third kappa shape index (κ3) is 7.50. The molecule has 1 N–H and O–H groups in total. The molecule has 0 aliphatic carbocycles. The van der Waals surface area contributed by atoms with Gasteiger partial charge in [-0.25, -0.2) is 4.79 Å². The van der Waals surface area contributed by atoms with Crippen LogP contribution in [-0.4, -0.2) is 48.5 Å². The van der Waals surface area contributed by atoms with E-state index in [-0.39, 0.29) is 11.5 Å². The van der Waals surface area contributed by atoms with Crippen molar-refractivity contribution in [3.63, 3.8) is 0 Å². The lowest BCUT2D eigenvalue weighted by molar-refractivity contribution is -0.160. The smallest absolute Gasteiger partial charge is 0.337 e. The average Bonchev–Trinajstić information content (AvgIpc) is 2.93. The number of ether oxygens (including phenoxy) is 3. The van der Waals surface area contributed by atoms with E-state index in [0.717, 1.165) is 59.8 Å². The fraction of sp³-hybridized carbons (Fsp3) is 0.486. The highest BCUT2D eigenvalue weighted by atomic mass is 16.5. The zero-order chi connectivity index (χ0) is 30.7. The van der Waals surface area contributed by atoms with Gasteiger partial charge >= 0.3 is 5.97 Å². The van der Waals surface area contributed by atoms with E-state index in [2.05, 4.69) is 18.7 Å². The number of nitrogens with zero attached hydrogens (tertiary/aromatic N) is 2. The number of hydrogen-bond donors (Lipinski definition) is 1. The molecule has 7 heteroatoms. The number of piperidine rings is 1. The Labute approximate surface area is 250 Å². The van der Waals surface area contributed by atoms with Crippen molar-refractivity contribution in [3.8, 4) is 16.9 Å². The Balaban J connectivity index is 1.74. The predicted octanol–water partition coefficient (Wildman–Crippen LogP) is 7.70. The largest absolute Gasteiger partial charge is 0.491 e. The van der Waals surface area contributed by atoms with Crippen LogP contribution in [0.3, 0.4) is 0 Å². The van der Waals surface area contributed by atoms with Gasteiger partial charge in [0, 0.05) is 42.7 Å². The van der Waals surface area contributed by atoms with Gasteiger partial charge in [0.15, 0.2) is 6.10 Å². The Morgan fingerprint density at radius 1 is 1.00 bits per heavy atom. The van der Waals surface area contributed by atoms with Crippen molar-refractivity contribution in [2.45, 2.75) is 79.1 Å². The number of pyridine rings is 1. The van der Waals surface area contributed by atoms with E-state index in [1.165, 1.54) is 0 Å². The molecular formula is C35H46N2O5. The Bertz CT molecular complexity index is 1350. The number of methoxy groups -OCH3 is 1. The number of aryl methyl sites for hydroxylation is 2. The first-order valence-electron chi connectivity index (χ1n) is 14.8. The second kappa shape index (κ2) is 12.8. The van der Waals surface area contributed by atoms with Crippen LogP contribution in [0.5, 0.6) is 5.75 Å². The molecule has 1 fully saturated rings. The first kappa shape index (κ1) is 31.5. The molecule has 4 rings (SSSR count). The standard InChI is InChI=1S/C35H46N2O5/c1-23-29(26-14-16-27(17-15-26)41-22-28(40-8)25-12-10-9-11-13-25)31(37-20-18-35(6,7)19-21-37)30(24(2)36-23)32(33(38)39)42-34(3,4)5/h9-17,28,32H,18-22H2,1-8H3,(H,38,39). The van der Waals surface area contributed by atoms with Crippen molar-refractivity contribution in [2.24, 2.45) is 5.41 Å². The van der Waals surface area contributed by atoms with Gasteiger partial charge in [-0.15, -0.1) is 0 Å². The van der Waals surface area contributed by atoms with E-state index in [4.69, 9.17) is 19.2 Å². The monoisotopic (exact) mass is 574 g/mol. The number of aromatic nitrogens is 1. The quantitative estimate of drug-likeness (QED) is 0.266. The maximum absolute atomic E-state index is 12.7. The minimum Gasteiger partial charge on any atom is -0.491 e. The lowest BCUT2D eigenvalue weighted by Crippen LogP contribution is -2.39. The number of hydrogen-bond acceptors (Lipinski definition) is 6. The summed E-state index contributed by atoms with van der Waals surface area (Å²) in [5.41, 5.74) is 5.61. The molecule has 2 aromatic carbocycles. The van der Waals surface area contributed by atoms with Crippen LogP contribution >= 0.6 is 0 Å². The van der Waals surface area contributed by atoms with Crippen LogP contribution in [0.1, 0.15) is 82.2 Å². The molecule has 0 bridgehead atoms. The van der Waals surface area contributed by atoms with E-state index in [1.807, 2.05) is 89.2 Å². The van der Waals surface area contributed by atoms with Gasteiger partial charge < -0.3 is 24.2 Å². The Morgan fingerprint density at radius 2 is 1.62 bits per heavy atom. The molecule has 0 saturated carbocycles. The summed E-state index contributed by atoms with van der Waals surface area (Å²) in [6.45, 7) is 16.2. The Morgan fingerprint density at radius 3 is 2.17 bits per heavy atom. The molecule has 7 nitrogen and oxygen atoms in total. The summed E-state index contributed by atoms with van der Waals surface area (Å²) < 4.78 is 18.0. The lowest BCUT2D eigenvalue weighted by Gasteiger charge is -2.41. The topological polar surface area (TPSA) is 81.1 Å². The van der Waals surface area contributed by atoms with E-state index in [0.29, 0.717) is 17.9 Å². The summed E-state index contributed by atoms with van der Waals surface area (Å²) in [7, 11) is 1.69. The second-order valence-electron chi connectivity index (χ2n) is 13.0. The van der Waals surface area contributed by atoms with Crippen molar-refractivity contribution in [1.82, 2.24) is 4.98 Å². The van der Waals surface area contributed by atoms with Crippen LogP contribution in [0.25, 0.3) is 11.1 Å². The molecule has 1 aromatic heterocycles. The Hall–Kier alpha value is -3.42. The molecule has 1 aliphatic heterocycles. The molecule has 3 aromatic rings. The Kier molecular flexibility index (Phi) is 9.63. The van der Waals surface area contributed by atoms with Gasteiger partial charge in [0.2, 0.25) is 0 Å². The first-order valence-corrected chi connectivity index (χ1v) is 14.8. The zero-order valence-electron chi connectivity index (χ0n) is 26.4. The van der Waals surface area contributed by atoms with E-state index in [9.17, 15) is 9.90 Å². The molecule has 2 heterocycles. The van der Waals surface area contributed by atoms with E-state index >= 15 is 0 Å². The summed E-state index contributed by atoms with van der Waals surface area (Å²) >= 11 is 0. The number of benzene rings is 2. The molecule has 226 valence electrons. The van der Waals surface area contributed by atoms with Crippen LogP contribution < -0.4 is 9.64 Å². The predicted molar refractivity (Wildman–Crippen MR) is 167 cm³/mol. The maximum Gasteiger partial charge on any atom is 0.337 e. The molecule has 0 radical (unpaired) electrons. The molecule has 2 atom stereocenters. The van der Waals surface area contributed by atoms with Gasteiger partial charge in [0.25, 0.3) is 0 Å². The van der Waals surface area contributed by atoms with Crippen molar-refractivity contribution < 1.29 is 24.1 Å². The van der Waals surface area contributed by atoms with Crippen LogP contribution in [0, 0.1) is 19.3 Å². The van der Waals surface area contributed by atoms with Crippen molar-refractivity contribution >= 4 is 11.7 Å². The molecule has 42 heavy (non-hydrogen) atoms. The van der Waals surface area contributed by atoms with Gasteiger partial charge in [-0.05, 0) is 76.1 Å². The molecule has 2 unspecified atom stereocenters. The number of carbonyl (C=O) groups is 1. The van der Waals surface area contributed by atoms with Crippen LogP contribution in [-0.2, 0) is 14.3 Å². The second-order valence-corrected chi connectivity index (χ2v) is 13.0. The summed E-state index contributed by atoms with van der Waals surface area (Å²) in [6.07, 6.45) is 0.703. The number of rotatable bonds is 10. The minimum atomic E-state index is -1.15. The summed E-state index contributed by atoms with van der Waals surface area (Å²) in [4.78, 5) is 19.9. The number of carboxylic acids is 1. The number of anilines is 1. The van der Waals surface area contributed by atoms with Crippen LogP contribution in [0.2, 0.25) is 0 Å². The summed E-state index contributed by atoms with van der Waals surface area (Å²) in [5, 5.41) is 10.4. The van der Waals surface area contributed by atoms with Gasteiger partial charge in [-0.1, -0.05) is 56.3 Å². The highest BCUT2D eigenvalue weighted by molar-refractivity contribution is 5.88. The van der Waals surface area contributed by atoms with E-state index < -0.39 is 17.7 Å². The van der Waals surface area contributed by atoms with Crippen molar-refractivity contribution in [3.05, 3.63) is 77.1 Å². The highest BCUT2D eigenvalue weighted by Crippen LogP contribution is 2.45. The van der Waals surface area contributed by atoms with Crippen LogP contribution in [0.4, 0.5) is 5.69 Å². The lowest BCUT2D eigenvalue weighted by atomic mass is 9.82. The SMILES string of the molecule is COC(COc1ccc(-c2c(C)nc(C)c(C(OC(C)(C)C)C(=O)O)c2N2CCC(C)(C)CC2)cc1)c1ccccc1. The summed E-state index contributed by atoms with van der Waals surface area (Å²) in [5.74, 6) is -0.284. The molecule has 1 aliphatic rings. The fourth-order valence-electron chi connectivity index (χ4n) is 5.61. The maximum atomic E-state index is 12.7. The molecule has 0 spiro atoms. The molecule has 0 amide bonds. The van der Waals surface area contributed by atoms with Gasteiger partial charge in [0.1, 0.15) is 18.5 Å². The van der Waals surface area contributed by atoms with E-state index in [1.54, 1.807) is 7.11 Å².